The second kappa shape index (κ2) is 9.99. The molecular formula is C22H23N3O3S. The van der Waals surface area contributed by atoms with Crippen LogP contribution in [0.4, 0.5) is 4.79 Å². The number of nitriles is 1. The number of nitrogens with zero attached hydrogens (tertiary/aromatic N) is 2. The molecule has 0 spiro atoms. The lowest BCUT2D eigenvalue weighted by Gasteiger charge is -2.22. The number of ketones is 1. The number of carbonyl (C=O) groups is 2. The molecule has 1 aliphatic carbocycles. The van der Waals surface area contributed by atoms with E-state index in [2.05, 4.69) is 16.4 Å². The monoisotopic (exact) mass is 409 g/mol. The van der Waals surface area contributed by atoms with Crippen molar-refractivity contribution in [2.75, 3.05) is 6.54 Å². The molecule has 1 unspecified atom stereocenters. The van der Waals surface area contributed by atoms with Crippen LogP contribution in [0.25, 0.3) is 6.08 Å². The van der Waals surface area contributed by atoms with Gasteiger partial charge in [0.2, 0.25) is 0 Å². The van der Waals surface area contributed by atoms with Gasteiger partial charge in [0.25, 0.3) is 0 Å². The standard InChI is InChI=1S/C22H23N3O3S/c1-2-9-25-22(27)28-17-7-8-18-19(13-23)20(29-21(18)12-17)11-16(26)6-5-15-4-3-10-24-14-15/h3-6,10,14,17H,2,7-9,11-12H2,1H3,(H,25,27)/b6-5+. The summed E-state index contributed by atoms with van der Waals surface area (Å²) in [6.45, 7) is 2.57. The molecule has 2 aromatic heterocycles. The molecule has 1 atom stereocenters. The third-order valence-electron chi connectivity index (χ3n) is 4.68. The Morgan fingerprint density at radius 1 is 1.48 bits per heavy atom. The fourth-order valence-electron chi connectivity index (χ4n) is 3.27. The Balaban J connectivity index is 1.66. The maximum atomic E-state index is 12.4. The molecule has 2 heterocycles. The Hall–Kier alpha value is -2.98. The molecule has 0 radical (unpaired) electrons. The van der Waals surface area contributed by atoms with Gasteiger partial charge in [-0.1, -0.05) is 13.0 Å². The molecule has 0 fully saturated rings. The number of carbonyl (C=O) groups excluding carboxylic acids is 2. The number of nitrogens with one attached hydrogen (secondary N) is 1. The lowest BCUT2D eigenvalue weighted by molar-refractivity contribution is -0.113. The van der Waals surface area contributed by atoms with E-state index in [1.54, 1.807) is 18.5 Å². The van der Waals surface area contributed by atoms with Crippen molar-refractivity contribution in [1.82, 2.24) is 10.3 Å². The Labute approximate surface area is 174 Å². The first-order valence-corrected chi connectivity index (χ1v) is 10.5. The van der Waals surface area contributed by atoms with E-state index in [9.17, 15) is 14.9 Å². The number of ether oxygens (including phenoxy) is 1. The summed E-state index contributed by atoms with van der Waals surface area (Å²) in [5.41, 5.74) is 2.47. The van der Waals surface area contributed by atoms with E-state index in [1.165, 1.54) is 17.4 Å². The minimum atomic E-state index is -0.395. The van der Waals surface area contributed by atoms with Crippen LogP contribution in [0.5, 0.6) is 0 Å². The van der Waals surface area contributed by atoms with Gasteiger partial charge < -0.3 is 10.1 Å². The van der Waals surface area contributed by atoms with Crippen LogP contribution in [0.15, 0.2) is 30.6 Å². The molecule has 1 amide bonds. The maximum absolute atomic E-state index is 12.4. The second-order valence-corrected chi connectivity index (χ2v) is 8.06. The van der Waals surface area contributed by atoms with Crippen LogP contribution in [0.1, 0.15) is 46.2 Å². The number of hydrogen-bond acceptors (Lipinski definition) is 6. The summed E-state index contributed by atoms with van der Waals surface area (Å²) in [6.07, 6.45) is 9.04. The van der Waals surface area contributed by atoms with E-state index in [1.807, 2.05) is 19.1 Å². The van der Waals surface area contributed by atoms with E-state index in [0.29, 0.717) is 31.4 Å². The number of pyridine rings is 1. The Kier molecular flexibility index (Phi) is 7.14. The van der Waals surface area contributed by atoms with E-state index >= 15 is 0 Å². The topological polar surface area (TPSA) is 92.1 Å². The van der Waals surface area contributed by atoms with Crippen LogP contribution in [-0.2, 0) is 28.8 Å². The number of alkyl carbamates (subject to hydrolysis) is 1. The van der Waals surface area contributed by atoms with Crippen molar-refractivity contribution in [3.8, 4) is 6.07 Å². The third kappa shape index (κ3) is 5.52. The van der Waals surface area contributed by atoms with Gasteiger partial charge in [0.05, 0.1) is 5.56 Å². The zero-order valence-corrected chi connectivity index (χ0v) is 17.1. The van der Waals surface area contributed by atoms with Gasteiger partial charge >= 0.3 is 6.09 Å². The van der Waals surface area contributed by atoms with E-state index in [-0.39, 0.29) is 18.3 Å². The fraction of sp³-hybridized carbons (Fsp3) is 0.364. The molecule has 3 rings (SSSR count). The van der Waals surface area contributed by atoms with Gasteiger partial charge in [-0.15, -0.1) is 11.3 Å². The van der Waals surface area contributed by atoms with Gasteiger partial charge in [0.15, 0.2) is 5.78 Å². The number of allylic oxidation sites excluding steroid dienone is 1. The van der Waals surface area contributed by atoms with Crippen LogP contribution in [0.2, 0.25) is 0 Å². The van der Waals surface area contributed by atoms with Gasteiger partial charge in [-0.05, 0) is 48.6 Å². The predicted molar refractivity (Wildman–Crippen MR) is 112 cm³/mol. The number of fused-ring (bicyclic) bond motifs is 1. The van der Waals surface area contributed by atoms with E-state index < -0.39 is 6.09 Å². The lowest BCUT2D eigenvalue weighted by Crippen LogP contribution is -2.32. The van der Waals surface area contributed by atoms with Crippen LogP contribution < -0.4 is 5.32 Å². The van der Waals surface area contributed by atoms with Crippen LogP contribution >= 0.6 is 11.3 Å². The molecule has 0 saturated carbocycles. The molecule has 7 heteroatoms. The normalized spacial score (nSPS) is 15.5. The molecule has 0 aromatic carbocycles. The van der Waals surface area contributed by atoms with Crippen molar-refractivity contribution in [3.63, 3.8) is 0 Å². The van der Waals surface area contributed by atoms with E-state index in [0.717, 1.165) is 27.3 Å². The average molecular weight is 410 g/mol. The number of hydrogen-bond donors (Lipinski definition) is 1. The first-order chi connectivity index (χ1) is 14.1. The molecule has 0 bridgehead atoms. The molecule has 6 nitrogen and oxygen atoms in total. The fourth-order valence-corrected chi connectivity index (χ4v) is 4.65. The van der Waals surface area contributed by atoms with Gasteiger partial charge in [0.1, 0.15) is 12.2 Å². The summed E-state index contributed by atoms with van der Waals surface area (Å²) in [5, 5.41) is 12.3. The zero-order valence-electron chi connectivity index (χ0n) is 16.3. The van der Waals surface area contributed by atoms with Crippen molar-refractivity contribution in [2.45, 2.75) is 45.1 Å². The number of amides is 1. The number of rotatable bonds is 7. The molecule has 2 aromatic rings. The zero-order chi connectivity index (χ0) is 20.6. The van der Waals surface area contributed by atoms with Crippen molar-refractivity contribution < 1.29 is 14.3 Å². The van der Waals surface area contributed by atoms with Gasteiger partial charge in [-0.25, -0.2) is 4.79 Å². The molecule has 1 N–H and O–H groups in total. The minimum Gasteiger partial charge on any atom is -0.446 e. The average Bonchev–Trinajstić information content (AvgIpc) is 3.07. The summed E-state index contributed by atoms with van der Waals surface area (Å²) in [5.74, 6) is -0.0595. The summed E-state index contributed by atoms with van der Waals surface area (Å²) in [6, 6.07) is 5.96. The Morgan fingerprint density at radius 3 is 3.07 bits per heavy atom. The first-order valence-electron chi connectivity index (χ1n) is 9.69. The van der Waals surface area contributed by atoms with Crippen molar-refractivity contribution in [3.05, 3.63) is 57.0 Å². The largest absolute Gasteiger partial charge is 0.446 e. The molecule has 1 aliphatic rings. The summed E-state index contributed by atoms with van der Waals surface area (Å²) >= 11 is 1.48. The second-order valence-electron chi connectivity index (χ2n) is 6.87. The highest BCUT2D eigenvalue weighted by Crippen LogP contribution is 2.35. The molecule has 0 saturated heterocycles. The van der Waals surface area contributed by atoms with Gasteiger partial charge in [0, 0.05) is 41.5 Å². The van der Waals surface area contributed by atoms with Crippen LogP contribution in [-0.4, -0.2) is 29.5 Å². The summed E-state index contributed by atoms with van der Waals surface area (Å²) in [4.78, 5) is 30.0. The van der Waals surface area contributed by atoms with Crippen LogP contribution in [0.3, 0.4) is 0 Å². The summed E-state index contributed by atoms with van der Waals surface area (Å²) < 4.78 is 5.49. The summed E-state index contributed by atoms with van der Waals surface area (Å²) in [7, 11) is 0. The first kappa shape index (κ1) is 20.7. The highest BCUT2D eigenvalue weighted by molar-refractivity contribution is 7.12. The van der Waals surface area contributed by atoms with Crippen molar-refractivity contribution >= 4 is 29.3 Å². The number of thiophene rings is 1. The Morgan fingerprint density at radius 2 is 2.34 bits per heavy atom. The maximum Gasteiger partial charge on any atom is 0.407 e. The van der Waals surface area contributed by atoms with Crippen molar-refractivity contribution in [2.24, 2.45) is 0 Å². The highest BCUT2D eigenvalue weighted by Gasteiger charge is 2.28. The van der Waals surface area contributed by atoms with Gasteiger partial charge in [-0.3, -0.25) is 9.78 Å². The minimum absolute atomic E-state index is 0.0595. The van der Waals surface area contributed by atoms with E-state index in [4.69, 9.17) is 4.74 Å². The SMILES string of the molecule is CCCNC(=O)OC1CCc2c(sc(CC(=O)/C=C/c3cccnc3)c2C#N)C1. The van der Waals surface area contributed by atoms with Gasteiger partial charge in [-0.2, -0.15) is 5.26 Å². The molecule has 29 heavy (non-hydrogen) atoms. The highest BCUT2D eigenvalue weighted by atomic mass is 32.1. The predicted octanol–water partition coefficient (Wildman–Crippen LogP) is 3.83. The molecule has 150 valence electrons. The Bertz CT molecular complexity index is 944. The third-order valence-corrected chi connectivity index (χ3v) is 5.93. The quantitative estimate of drug-likeness (QED) is 0.702. The lowest BCUT2D eigenvalue weighted by atomic mass is 9.92. The van der Waals surface area contributed by atoms with Crippen molar-refractivity contribution in [1.29, 1.82) is 5.26 Å². The van der Waals surface area contributed by atoms with Crippen LogP contribution in [0, 0.1) is 11.3 Å². The smallest absolute Gasteiger partial charge is 0.407 e. The molecular weight excluding hydrogens is 386 g/mol. The number of aromatic nitrogens is 1. The molecule has 0 aliphatic heterocycles.